The van der Waals surface area contributed by atoms with Crippen molar-refractivity contribution in [3.05, 3.63) is 36.0 Å². The third-order valence-corrected chi connectivity index (χ3v) is 5.58. The summed E-state index contributed by atoms with van der Waals surface area (Å²) in [7, 11) is 0. The number of nitrogens with one attached hydrogen (secondary N) is 1. The Labute approximate surface area is 176 Å². The molecule has 1 aliphatic heterocycles. The highest BCUT2D eigenvalue weighted by molar-refractivity contribution is 5.84. The van der Waals surface area contributed by atoms with Crippen LogP contribution < -0.4 is 0 Å². The standard InChI is InChI=1S/C23H30N2O5/c1-3-29-23(28)17-11-13-25(14-12-17)22(27)16(2)30-21(26)10-6-7-18-15-24-20-9-5-4-8-19(18)20/h4-5,8-9,15-17,24H,3,6-7,10-14H2,1-2H3. The van der Waals surface area contributed by atoms with Crippen molar-refractivity contribution in [2.75, 3.05) is 19.7 Å². The highest BCUT2D eigenvalue weighted by atomic mass is 16.5. The zero-order chi connectivity index (χ0) is 21.5. The van der Waals surface area contributed by atoms with Gasteiger partial charge in [-0.05, 0) is 51.2 Å². The maximum atomic E-state index is 12.6. The number of H-pyrrole nitrogens is 1. The van der Waals surface area contributed by atoms with Gasteiger partial charge in [0, 0.05) is 36.6 Å². The molecule has 7 heteroatoms. The molecule has 162 valence electrons. The Hall–Kier alpha value is -2.83. The van der Waals surface area contributed by atoms with Crippen LogP contribution in [0.2, 0.25) is 0 Å². The van der Waals surface area contributed by atoms with E-state index in [1.165, 1.54) is 10.9 Å². The van der Waals surface area contributed by atoms with Crippen LogP contribution in [-0.2, 0) is 30.3 Å². The van der Waals surface area contributed by atoms with E-state index in [9.17, 15) is 14.4 Å². The van der Waals surface area contributed by atoms with Gasteiger partial charge in [-0.3, -0.25) is 14.4 Å². The van der Waals surface area contributed by atoms with Crippen LogP contribution in [0, 0.1) is 5.92 Å². The molecule has 0 radical (unpaired) electrons. The van der Waals surface area contributed by atoms with Crippen molar-refractivity contribution in [3.63, 3.8) is 0 Å². The monoisotopic (exact) mass is 414 g/mol. The molecule has 2 aromatic rings. The molecule has 7 nitrogen and oxygen atoms in total. The molecule has 1 atom stereocenters. The number of fused-ring (bicyclic) bond motifs is 1. The molecule has 1 saturated heterocycles. The summed E-state index contributed by atoms with van der Waals surface area (Å²) in [5, 5.41) is 1.17. The van der Waals surface area contributed by atoms with Gasteiger partial charge in [0.15, 0.2) is 6.10 Å². The first-order valence-corrected chi connectivity index (χ1v) is 10.7. The number of esters is 2. The summed E-state index contributed by atoms with van der Waals surface area (Å²) in [6.07, 6.45) is 4.01. The molecule has 0 saturated carbocycles. The summed E-state index contributed by atoms with van der Waals surface area (Å²) in [5.41, 5.74) is 2.26. The van der Waals surface area contributed by atoms with Crippen LogP contribution in [0.1, 0.15) is 45.1 Å². The van der Waals surface area contributed by atoms with Crippen molar-refractivity contribution in [2.24, 2.45) is 5.92 Å². The largest absolute Gasteiger partial charge is 0.466 e. The summed E-state index contributed by atoms with van der Waals surface area (Å²) in [6.45, 7) is 4.71. The van der Waals surface area contributed by atoms with E-state index in [4.69, 9.17) is 9.47 Å². The van der Waals surface area contributed by atoms with E-state index in [1.54, 1.807) is 18.7 Å². The molecule has 3 rings (SSSR count). The fourth-order valence-corrected chi connectivity index (χ4v) is 3.92. The van der Waals surface area contributed by atoms with Crippen molar-refractivity contribution in [1.29, 1.82) is 0 Å². The number of aryl methyl sites for hydroxylation is 1. The SMILES string of the molecule is CCOC(=O)C1CCN(C(=O)C(C)OC(=O)CCCc2c[nH]c3ccccc23)CC1. The number of aromatic nitrogens is 1. The van der Waals surface area contributed by atoms with Crippen LogP contribution in [0.4, 0.5) is 0 Å². The van der Waals surface area contributed by atoms with Crippen molar-refractivity contribution in [3.8, 4) is 0 Å². The van der Waals surface area contributed by atoms with Gasteiger partial charge < -0.3 is 19.4 Å². The third kappa shape index (κ3) is 5.40. The van der Waals surface area contributed by atoms with Crippen LogP contribution in [0.5, 0.6) is 0 Å². The molecule has 1 N–H and O–H groups in total. The third-order valence-electron chi connectivity index (χ3n) is 5.58. The molecule has 1 aliphatic rings. The maximum Gasteiger partial charge on any atom is 0.309 e. The normalized spacial score (nSPS) is 15.7. The lowest BCUT2D eigenvalue weighted by molar-refractivity contribution is -0.160. The van der Waals surface area contributed by atoms with Crippen LogP contribution >= 0.6 is 0 Å². The Balaban J connectivity index is 1.39. The minimum Gasteiger partial charge on any atom is -0.466 e. The van der Waals surface area contributed by atoms with Gasteiger partial charge >= 0.3 is 11.9 Å². The number of hydrogen-bond acceptors (Lipinski definition) is 5. The Morgan fingerprint density at radius 1 is 1.20 bits per heavy atom. The molecule has 0 spiro atoms. The van der Waals surface area contributed by atoms with Gasteiger partial charge in [-0.1, -0.05) is 18.2 Å². The topological polar surface area (TPSA) is 88.7 Å². The van der Waals surface area contributed by atoms with Gasteiger partial charge in [0.25, 0.3) is 5.91 Å². The van der Waals surface area contributed by atoms with Crippen LogP contribution in [0.15, 0.2) is 30.5 Å². The second-order valence-corrected chi connectivity index (χ2v) is 7.70. The molecule has 1 aromatic heterocycles. The molecule has 0 aliphatic carbocycles. The van der Waals surface area contributed by atoms with Crippen molar-refractivity contribution < 1.29 is 23.9 Å². The predicted molar refractivity (Wildman–Crippen MR) is 113 cm³/mol. The first kappa shape index (κ1) is 21.9. The Kier molecular flexibility index (Phi) is 7.49. The lowest BCUT2D eigenvalue weighted by Gasteiger charge is -2.32. The maximum absolute atomic E-state index is 12.6. The summed E-state index contributed by atoms with van der Waals surface area (Å²) in [4.78, 5) is 41.5. The smallest absolute Gasteiger partial charge is 0.309 e. The van der Waals surface area contributed by atoms with Crippen molar-refractivity contribution in [2.45, 2.75) is 52.1 Å². The summed E-state index contributed by atoms with van der Waals surface area (Å²) < 4.78 is 10.4. The molecule has 1 aromatic carbocycles. The zero-order valence-electron chi connectivity index (χ0n) is 17.7. The number of benzene rings is 1. The van der Waals surface area contributed by atoms with Gasteiger partial charge in [0.1, 0.15) is 0 Å². The molecule has 30 heavy (non-hydrogen) atoms. The first-order chi connectivity index (χ1) is 14.5. The Morgan fingerprint density at radius 3 is 2.67 bits per heavy atom. The lowest BCUT2D eigenvalue weighted by atomic mass is 9.97. The summed E-state index contributed by atoms with van der Waals surface area (Å²) in [5.74, 6) is -0.921. The second-order valence-electron chi connectivity index (χ2n) is 7.70. The number of rotatable bonds is 8. The number of amides is 1. The highest BCUT2D eigenvalue weighted by Gasteiger charge is 2.31. The molecule has 1 amide bonds. The van der Waals surface area contributed by atoms with Crippen LogP contribution in [0.3, 0.4) is 0 Å². The van der Waals surface area contributed by atoms with E-state index in [0.29, 0.717) is 39.0 Å². The number of para-hydroxylation sites is 1. The number of carbonyl (C=O) groups is 3. The number of nitrogens with zero attached hydrogens (tertiary/aromatic N) is 1. The molecule has 1 unspecified atom stereocenters. The van der Waals surface area contributed by atoms with Gasteiger partial charge in [-0.15, -0.1) is 0 Å². The van der Waals surface area contributed by atoms with Crippen LogP contribution in [0.25, 0.3) is 10.9 Å². The van der Waals surface area contributed by atoms with E-state index >= 15 is 0 Å². The fraction of sp³-hybridized carbons (Fsp3) is 0.522. The predicted octanol–water partition coefficient (Wildman–Crippen LogP) is 3.22. The van der Waals surface area contributed by atoms with Gasteiger partial charge in [0.05, 0.1) is 12.5 Å². The number of aromatic amines is 1. The van der Waals surface area contributed by atoms with E-state index in [-0.39, 0.29) is 30.2 Å². The van der Waals surface area contributed by atoms with Crippen LogP contribution in [-0.4, -0.2) is 53.5 Å². The van der Waals surface area contributed by atoms with Gasteiger partial charge in [0.2, 0.25) is 0 Å². The summed E-state index contributed by atoms with van der Waals surface area (Å²) in [6, 6.07) is 8.07. The van der Waals surface area contributed by atoms with Gasteiger partial charge in [-0.2, -0.15) is 0 Å². The van der Waals surface area contributed by atoms with E-state index in [1.807, 2.05) is 24.4 Å². The number of ether oxygens (including phenoxy) is 2. The number of carbonyl (C=O) groups excluding carboxylic acids is 3. The lowest BCUT2D eigenvalue weighted by Crippen LogP contribution is -2.45. The molecule has 1 fully saturated rings. The Morgan fingerprint density at radius 2 is 1.93 bits per heavy atom. The summed E-state index contributed by atoms with van der Waals surface area (Å²) >= 11 is 0. The number of hydrogen-bond donors (Lipinski definition) is 1. The molecular formula is C23H30N2O5. The minimum absolute atomic E-state index is 0.156. The molecular weight excluding hydrogens is 384 g/mol. The minimum atomic E-state index is -0.815. The van der Waals surface area contributed by atoms with Gasteiger partial charge in [-0.25, -0.2) is 0 Å². The second kappa shape index (κ2) is 10.3. The number of piperidine rings is 1. The number of likely N-dealkylation sites (tertiary alicyclic amines) is 1. The average molecular weight is 415 g/mol. The van der Waals surface area contributed by atoms with Crippen molar-refractivity contribution in [1.82, 2.24) is 9.88 Å². The molecule has 2 heterocycles. The van der Waals surface area contributed by atoms with E-state index in [2.05, 4.69) is 11.1 Å². The zero-order valence-corrected chi connectivity index (χ0v) is 17.7. The average Bonchev–Trinajstić information content (AvgIpc) is 3.16. The van der Waals surface area contributed by atoms with Crippen molar-refractivity contribution >= 4 is 28.7 Å². The highest BCUT2D eigenvalue weighted by Crippen LogP contribution is 2.21. The van der Waals surface area contributed by atoms with E-state index < -0.39 is 6.10 Å². The van der Waals surface area contributed by atoms with E-state index in [0.717, 1.165) is 11.9 Å². The first-order valence-electron chi connectivity index (χ1n) is 10.7. The Bertz CT molecular complexity index is 883. The fourth-order valence-electron chi connectivity index (χ4n) is 3.92. The quantitative estimate of drug-likeness (QED) is 0.670. The molecule has 0 bridgehead atoms.